The molecule has 0 aromatic heterocycles. The lowest BCUT2D eigenvalue weighted by Gasteiger charge is -2.10. The fourth-order valence-corrected chi connectivity index (χ4v) is 2.28. The van der Waals surface area contributed by atoms with Crippen molar-refractivity contribution in [3.63, 3.8) is 0 Å². The van der Waals surface area contributed by atoms with Gasteiger partial charge in [-0.05, 0) is 41.8 Å². The van der Waals surface area contributed by atoms with Gasteiger partial charge in [-0.3, -0.25) is 4.79 Å². The molecule has 2 nitrogen and oxygen atoms in total. The molecule has 0 aliphatic heterocycles. The van der Waals surface area contributed by atoms with E-state index in [-0.39, 0.29) is 0 Å². The predicted molar refractivity (Wildman–Crippen MR) is 76.3 cm³/mol. The molecule has 0 N–H and O–H groups in total. The van der Waals surface area contributed by atoms with E-state index in [0.29, 0.717) is 11.3 Å². The Bertz CT molecular complexity index is 591. The summed E-state index contributed by atoms with van der Waals surface area (Å²) in [5.74, 6) is 0.599. The second-order valence-corrected chi connectivity index (χ2v) is 4.84. The van der Waals surface area contributed by atoms with E-state index in [1.165, 1.54) is 0 Å². The zero-order chi connectivity index (χ0) is 13.1. The van der Waals surface area contributed by atoms with Crippen LogP contribution >= 0.6 is 15.9 Å². The van der Waals surface area contributed by atoms with Gasteiger partial charge in [0.2, 0.25) is 0 Å². The molecule has 18 heavy (non-hydrogen) atoms. The van der Waals surface area contributed by atoms with E-state index in [1.54, 1.807) is 7.11 Å². The van der Waals surface area contributed by atoms with Crippen LogP contribution in [0.5, 0.6) is 5.75 Å². The normalized spacial score (nSPS) is 10.2. The van der Waals surface area contributed by atoms with E-state index in [1.807, 2.05) is 43.3 Å². The maximum Gasteiger partial charge on any atom is 0.153 e. The summed E-state index contributed by atoms with van der Waals surface area (Å²) in [6.07, 6.45) is 0.815. The van der Waals surface area contributed by atoms with Crippen molar-refractivity contribution >= 4 is 22.2 Å². The molecular weight excluding hydrogens is 292 g/mol. The summed E-state index contributed by atoms with van der Waals surface area (Å²) in [6, 6.07) is 11.7. The van der Waals surface area contributed by atoms with Gasteiger partial charge in [0, 0.05) is 4.47 Å². The van der Waals surface area contributed by atoms with Crippen molar-refractivity contribution in [3.05, 3.63) is 52.0 Å². The number of ether oxygens (including phenoxy) is 1. The van der Waals surface area contributed by atoms with Crippen LogP contribution in [0.4, 0.5) is 0 Å². The van der Waals surface area contributed by atoms with Crippen molar-refractivity contribution in [1.82, 2.24) is 0 Å². The Morgan fingerprint density at radius 3 is 2.67 bits per heavy atom. The van der Waals surface area contributed by atoms with Gasteiger partial charge in [-0.1, -0.05) is 34.1 Å². The van der Waals surface area contributed by atoms with Gasteiger partial charge in [-0.2, -0.15) is 0 Å². The molecule has 0 spiro atoms. The lowest BCUT2D eigenvalue weighted by atomic mass is 9.99. The molecule has 0 heterocycles. The molecule has 0 fully saturated rings. The largest absolute Gasteiger partial charge is 0.496 e. The SMILES string of the molecule is COc1ccc(-c2cccc(Br)c2C)cc1C=O. The number of hydrogen-bond acceptors (Lipinski definition) is 2. The van der Waals surface area contributed by atoms with Crippen molar-refractivity contribution in [3.8, 4) is 16.9 Å². The lowest BCUT2D eigenvalue weighted by molar-refractivity contribution is 0.112. The molecule has 0 saturated carbocycles. The Morgan fingerprint density at radius 2 is 2.00 bits per heavy atom. The van der Waals surface area contributed by atoms with E-state index in [4.69, 9.17) is 4.74 Å². The van der Waals surface area contributed by atoms with E-state index < -0.39 is 0 Å². The minimum atomic E-state index is 0.564. The smallest absolute Gasteiger partial charge is 0.153 e. The van der Waals surface area contributed by atoms with E-state index in [9.17, 15) is 4.79 Å². The van der Waals surface area contributed by atoms with Crippen molar-refractivity contribution in [2.75, 3.05) is 7.11 Å². The Labute approximate surface area is 115 Å². The molecule has 0 radical (unpaired) electrons. The summed E-state index contributed by atoms with van der Waals surface area (Å²) in [5, 5.41) is 0. The van der Waals surface area contributed by atoms with Crippen LogP contribution in [0.15, 0.2) is 40.9 Å². The Morgan fingerprint density at radius 1 is 1.22 bits per heavy atom. The van der Waals surface area contributed by atoms with Gasteiger partial charge in [-0.15, -0.1) is 0 Å². The third-order valence-electron chi connectivity index (χ3n) is 2.94. The molecule has 0 saturated heterocycles. The zero-order valence-electron chi connectivity index (χ0n) is 10.2. The first-order chi connectivity index (χ1) is 8.67. The topological polar surface area (TPSA) is 26.3 Å². The Hall–Kier alpha value is -1.61. The number of benzene rings is 2. The highest BCUT2D eigenvalue weighted by Crippen LogP contribution is 2.31. The van der Waals surface area contributed by atoms with Crippen LogP contribution in [-0.2, 0) is 0 Å². The van der Waals surface area contributed by atoms with Gasteiger partial charge in [0.25, 0.3) is 0 Å². The molecule has 2 aromatic rings. The molecule has 0 aliphatic carbocycles. The molecule has 92 valence electrons. The Balaban J connectivity index is 2.58. The number of rotatable bonds is 3. The first-order valence-corrected chi connectivity index (χ1v) is 6.35. The van der Waals surface area contributed by atoms with Gasteiger partial charge in [0.15, 0.2) is 6.29 Å². The molecule has 0 amide bonds. The van der Waals surface area contributed by atoms with Crippen LogP contribution < -0.4 is 4.74 Å². The molecule has 0 bridgehead atoms. The third kappa shape index (κ3) is 2.31. The number of methoxy groups -OCH3 is 1. The minimum absolute atomic E-state index is 0.564. The highest BCUT2D eigenvalue weighted by atomic mass is 79.9. The first-order valence-electron chi connectivity index (χ1n) is 5.56. The van der Waals surface area contributed by atoms with Crippen LogP contribution in [0.2, 0.25) is 0 Å². The van der Waals surface area contributed by atoms with Crippen LogP contribution in [0.3, 0.4) is 0 Å². The molecule has 3 heteroatoms. The first kappa shape index (κ1) is 12.8. The fraction of sp³-hybridized carbons (Fsp3) is 0.133. The number of hydrogen-bond donors (Lipinski definition) is 0. The van der Waals surface area contributed by atoms with Gasteiger partial charge < -0.3 is 4.74 Å². The summed E-state index contributed by atoms with van der Waals surface area (Å²) >= 11 is 3.51. The number of carbonyl (C=O) groups is 1. The zero-order valence-corrected chi connectivity index (χ0v) is 11.8. The highest BCUT2D eigenvalue weighted by molar-refractivity contribution is 9.10. The highest BCUT2D eigenvalue weighted by Gasteiger charge is 2.08. The second kappa shape index (κ2) is 5.36. The maximum atomic E-state index is 11.0. The second-order valence-electron chi connectivity index (χ2n) is 3.99. The van der Waals surface area contributed by atoms with E-state index in [2.05, 4.69) is 15.9 Å². The summed E-state index contributed by atoms with van der Waals surface area (Å²) < 4.78 is 6.20. The molecular formula is C15H13BrO2. The standard InChI is InChI=1S/C15H13BrO2/c1-10-13(4-3-5-14(10)16)11-6-7-15(18-2)12(8-11)9-17/h3-9H,1-2H3. The van der Waals surface area contributed by atoms with E-state index >= 15 is 0 Å². The molecule has 0 aliphatic rings. The van der Waals surface area contributed by atoms with Crippen molar-refractivity contribution in [2.45, 2.75) is 6.92 Å². The fourth-order valence-electron chi connectivity index (χ4n) is 1.91. The van der Waals surface area contributed by atoms with Crippen molar-refractivity contribution in [2.24, 2.45) is 0 Å². The van der Waals surface area contributed by atoms with Gasteiger partial charge in [0.1, 0.15) is 5.75 Å². The summed E-state index contributed by atoms with van der Waals surface area (Å²) in [4.78, 5) is 11.0. The van der Waals surface area contributed by atoms with Gasteiger partial charge >= 0.3 is 0 Å². The molecule has 2 rings (SSSR count). The third-order valence-corrected chi connectivity index (χ3v) is 3.79. The number of carbonyl (C=O) groups excluding carboxylic acids is 1. The molecule has 0 unspecified atom stereocenters. The molecule has 2 aromatic carbocycles. The summed E-state index contributed by atoms with van der Waals surface area (Å²) in [5.41, 5.74) is 3.83. The van der Waals surface area contributed by atoms with Gasteiger partial charge in [-0.25, -0.2) is 0 Å². The van der Waals surface area contributed by atoms with E-state index in [0.717, 1.165) is 27.4 Å². The van der Waals surface area contributed by atoms with Crippen LogP contribution in [0.1, 0.15) is 15.9 Å². The average molecular weight is 305 g/mol. The molecule has 0 atom stereocenters. The van der Waals surface area contributed by atoms with Crippen molar-refractivity contribution in [1.29, 1.82) is 0 Å². The monoisotopic (exact) mass is 304 g/mol. The maximum absolute atomic E-state index is 11.0. The van der Waals surface area contributed by atoms with Crippen LogP contribution in [-0.4, -0.2) is 13.4 Å². The Kier molecular flexibility index (Phi) is 3.82. The quantitative estimate of drug-likeness (QED) is 0.793. The summed E-state index contributed by atoms with van der Waals surface area (Å²) in [7, 11) is 1.56. The van der Waals surface area contributed by atoms with Gasteiger partial charge in [0.05, 0.1) is 12.7 Å². The van der Waals surface area contributed by atoms with Crippen LogP contribution in [0.25, 0.3) is 11.1 Å². The number of aldehydes is 1. The van der Waals surface area contributed by atoms with Crippen LogP contribution in [0, 0.1) is 6.92 Å². The summed E-state index contributed by atoms with van der Waals surface area (Å²) in [6.45, 7) is 2.05. The van der Waals surface area contributed by atoms with Crippen molar-refractivity contribution < 1.29 is 9.53 Å². The average Bonchev–Trinajstić information content (AvgIpc) is 2.41. The lowest BCUT2D eigenvalue weighted by Crippen LogP contribution is -1.92. The predicted octanol–water partition coefficient (Wildman–Crippen LogP) is 4.25. The number of halogens is 1. The minimum Gasteiger partial charge on any atom is -0.496 e.